The Morgan fingerprint density at radius 3 is 2.87 bits per heavy atom. The smallest absolute Gasteiger partial charge is 0.308 e. The van der Waals surface area contributed by atoms with Gasteiger partial charge >= 0.3 is 5.97 Å². The summed E-state index contributed by atoms with van der Waals surface area (Å²) in [6.07, 6.45) is 8.47. The van der Waals surface area contributed by atoms with Crippen molar-refractivity contribution in [3.63, 3.8) is 0 Å². The van der Waals surface area contributed by atoms with Gasteiger partial charge in [-0.05, 0) is 86.5 Å². The van der Waals surface area contributed by atoms with E-state index >= 15 is 0 Å². The number of ether oxygens (including phenoxy) is 1. The Balaban J connectivity index is 1.55. The van der Waals surface area contributed by atoms with Gasteiger partial charge in [0.15, 0.2) is 0 Å². The Hall–Kier alpha value is -3.45. The number of benzene rings is 1. The predicted octanol–water partition coefficient (Wildman–Crippen LogP) is 6.11. The zero-order valence-corrected chi connectivity index (χ0v) is 23.2. The van der Waals surface area contributed by atoms with E-state index in [-0.39, 0.29) is 6.42 Å². The van der Waals surface area contributed by atoms with Crippen LogP contribution in [0.1, 0.15) is 73.9 Å². The highest BCUT2D eigenvalue weighted by atomic mass is 16.5. The molecule has 0 bridgehead atoms. The van der Waals surface area contributed by atoms with Crippen LogP contribution in [0, 0.1) is 6.92 Å². The summed E-state index contributed by atoms with van der Waals surface area (Å²) in [4.78, 5) is 18.3. The molecular formula is C31H40N4O3. The lowest BCUT2D eigenvalue weighted by Gasteiger charge is -2.28. The van der Waals surface area contributed by atoms with E-state index in [4.69, 9.17) is 14.8 Å². The fourth-order valence-corrected chi connectivity index (χ4v) is 5.10. The molecule has 7 heteroatoms. The molecule has 1 N–H and O–H groups in total. The number of hydrogen-bond donors (Lipinski definition) is 1. The highest BCUT2D eigenvalue weighted by Gasteiger charge is 2.21. The Bertz CT molecular complexity index is 1250. The molecule has 1 aromatic heterocycles. The summed E-state index contributed by atoms with van der Waals surface area (Å²) in [6, 6.07) is 10.4. The van der Waals surface area contributed by atoms with Crippen molar-refractivity contribution in [3.05, 3.63) is 75.7 Å². The Morgan fingerprint density at radius 2 is 2.08 bits per heavy atom. The maximum atomic E-state index is 11.0. The van der Waals surface area contributed by atoms with E-state index < -0.39 is 5.97 Å². The van der Waals surface area contributed by atoms with Crippen LogP contribution in [0.3, 0.4) is 0 Å². The first kappa shape index (κ1) is 27.6. The minimum atomic E-state index is -0.901. The number of aromatic nitrogens is 1. The molecule has 7 nitrogen and oxygen atoms in total. The Morgan fingerprint density at radius 1 is 1.24 bits per heavy atom. The molecule has 0 fully saturated rings. The fraction of sp³-hybridized carbons (Fsp3) is 0.452. The van der Waals surface area contributed by atoms with Crippen LogP contribution in [0.4, 0.5) is 5.82 Å². The highest BCUT2D eigenvalue weighted by Crippen LogP contribution is 2.34. The van der Waals surface area contributed by atoms with Gasteiger partial charge in [-0.15, -0.1) is 0 Å². The third kappa shape index (κ3) is 6.70. The van der Waals surface area contributed by atoms with Crippen LogP contribution in [-0.2, 0) is 29.1 Å². The number of rotatable bonds is 11. The number of aliphatic carboxylic acids is 1. The van der Waals surface area contributed by atoms with E-state index in [0.717, 1.165) is 62.2 Å². The van der Waals surface area contributed by atoms with E-state index in [9.17, 15) is 4.79 Å². The van der Waals surface area contributed by atoms with Gasteiger partial charge in [-0.25, -0.2) is 9.99 Å². The van der Waals surface area contributed by atoms with Crippen LogP contribution in [-0.4, -0.2) is 47.3 Å². The van der Waals surface area contributed by atoms with Crippen LogP contribution in [0.2, 0.25) is 0 Å². The van der Waals surface area contributed by atoms with Gasteiger partial charge in [0.25, 0.3) is 0 Å². The van der Waals surface area contributed by atoms with Crippen molar-refractivity contribution in [2.24, 2.45) is 5.10 Å². The number of fused-ring (bicyclic) bond motifs is 1. The highest BCUT2D eigenvalue weighted by molar-refractivity contribution is 5.85. The van der Waals surface area contributed by atoms with Gasteiger partial charge in [-0.2, -0.15) is 5.10 Å². The largest absolute Gasteiger partial charge is 0.488 e. The van der Waals surface area contributed by atoms with Crippen molar-refractivity contribution >= 4 is 23.6 Å². The van der Waals surface area contributed by atoms with E-state index in [1.54, 1.807) is 5.01 Å². The van der Waals surface area contributed by atoms with E-state index in [1.807, 2.05) is 18.2 Å². The number of hydrazone groups is 1. The number of anilines is 1. The number of hydrogen-bond acceptors (Lipinski definition) is 6. The molecule has 0 amide bonds. The number of carboxylic acid groups (broad SMARTS) is 1. The van der Waals surface area contributed by atoms with Gasteiger partial charge < -0.3 is 14.7 Å². The molecule has 2 aliphatic rings. The number of pyridine rings is 1. The van der Waals surface area contributed by atoms with Crippen molar-refractivity contribution in [1.29, 1.82) is 0 Å². The van der Waals surface area contributed by atoms with Gasteiger partial charge in [0, 0.05) is 31.4 Å². The number of nitrogens with zero attached hydrogens (tertiary/aromatic N) is 4. The second kappa shape index (κ2) is 12.9. The van der Waals surface area contributed by atoms with Crippen LogP contribution in [0.25, 0.3) is 5.57 Å². The van der Waals surface area contributed by atoms with Gasteiger partial charge in [0.05, 0.1) is 12.1 Å². The lowest BCUT2D eigenvalue weighted by molar-refractivity contribution is -0.135. The van der Waals surface area contributed by atoms with Crippen molar-refractivity contribution in [2.45, 2.75) is 72.4 Å². The third-order valence-corrected chi connectivity index (χ3v) is 7.35. The summed E-state index contributed by atoms with van der Waals surface area (Å²) in [7, 11) is 2.18. The van der Waals surface area contributed by atoms with E-state index in [1.165, 1.54) is 34.0 Å². The summed E-state index contributed by atoms with van der Waals surface area (Å²) in [5, 5.41) is 15.2. The number of unbranched alkanes of at least 4 members (excludes halogenated alkanes) is 1. The first-order valence-corrected chi connectivity index (χ1v) is 13.7. The number of likely N-dealkylation sites (N-methyl/N-ethyl adjacent to an activating group) is 1. The quantitative estimate of drug-likeness (QED) is 0.287. The number of allylic oxidation sites excluding steroid dienone is 3. The first-order valence-electron chi connectivity index (χ1n) is 13.7. The van der Waals surface area contributed by atoms with Crippen molar-refractivity contribution in [1.82, 2.24) is 9.88 Å². The molecule has 38 heavy (non-hydrogen) atoms. The number of carboxylic acids is 1. The average molecular weight is 517 g/mol. The zero-order valence-electron chi connectivity index (χ0n) is 23.2. The molecule has 202 valence electrons. The molecule has 0 radical (unpaired) electrons. The monoisotopic (exact) mass is 516 g/mol. The topological polar surface area (TPSA) is 78.3 Å². The maximum Gasteiger partial charge on any atom is 0.308 e. The minimum absolute atomic E-state index is 0.119. The van der Waals surface area contributed by atoms with Crippen LogP contribution in [0.5, 0.6) is 0 Å². The molecule has 1 aliphatic carbocycles. The summed E-state index contributed by atoms with van der Waals surface area (Å²) in [6.45, 7) is 9.79. The standard InChI is InChI=1S/C31H40N4O3/c1-5-6-18-35(32-17-15-30(36)37)29-12-8-11-28(33-29)27-10-7-9-22(2)31(27)38-21-25-14-13-24-20-34(4)19-16-26(24)23(25)3/h8,10-14,17H,5-7,9,15-16,18-21H2,1-4H3,(H,36,37)/b32-17-. The number of carbonyl (C=O) groups is 1. The van der Waals surface area contributed by atoms with Gasteiger partial charge in [-0.1, -0.05) is 37.6 Å². The Kier molecular flexibility index (Phi) is 9.34. The van der Waals surface area contributed by atoms with Crippen LogP contribution in [0.15, 0.2) is 52.8 Å². The maximum absolute atomic E-state index is 11.0. The average Bonchev–Trinajstić information content (AvgIpc) is 2.90. The normalized spacial score (nSPS) is 15.9. The lowest BCUT2D eigenvalue weighted by atomic mass is 9.92. The summed E-state index contributed by atoms with van der Waals surface area (Å²) in [5.41, 5.74) is 8.57. The van der Waals surface area contributed by atoms with Gasteiger partial charge in [0.1, 0.15) is 18.2 Å². The Labute approximate surface area is 226 Å². The molecule has 0 unspecified atom stereocenters. The molecule has 0 saturated carbocycles. The summed E-state index contributed by atoms with van der Waals surface area (Å²) < 4.78 is 6.55. The fourth-order valence-electron chi connectivity index (χ4n) is 5.10. The summed E-state index contributed by atoms with van der Waals surface area (Å²) in [5.74, 6) is 0.714. The molecule has 2 heterocycles. The first-order chi connectivity index (χ1) is 18.4. The molecule has 0 spiro atoms. The molecule has 4 rings (SSSR count). The molecule has 0 atom stereocenters. The molecule has 1 aliphatic heterocycles. The third-order valence-electron chi connectivity index (χ3n) is 7.35. The van der Waals surface area contributed by atoms with Gasteiger partial charge in [-0.3, -0.25) is 4.79 Å². The SMILES string of the molecule is CCCCN(/N=C\CC(=O)O)c1cccc(C2=CCCC(C)=C2OCc2ccc3c(c2C)CCN(C)C3)n1. The zero-order chi connectivity index (χ0) is 27.1. The predicted molar refractivity (Wildman–Crippen MR) is 153 cm³/mol. The second-order valence-electron chi connectivity index (χ2n) is 10.3. The second-order valence-corrected chi connectivity index (χ2v) is 10.3. The van der Waals surface area contributed by atoms with E-state index in [2.05, 4.69) is 56.0 Å². The minimum Gasteiger partial charge on any atom is -0.488 e. The van der Waals surface area contributed by atoms with Crippen LogP contribution < -0.4 is 5.01 Å². The lowest BCUT2D eigenvalue weighted by Crippen LogP contribution is -2.27. The van der Waals surface area contributed by atoms with Gasteiger partial charge in [0.2, 0.25) is 0 Å². The molecule has 0 saturated heterocycles. The van der Waals surface area contributed by atoms with Crippen LogP contribution >= 0.6 is 0 Å². The molecule has 1 aromatic carbocycles. The van der Waals surface area contributed by atoms with Crippen molar-refractivity contribution < 1.29 is 14.6 Å². The molecular weight excluding hydrogens is 476 g/mol. The van der Waals surface area contributed by atoms with Crippen molar-refractivity contribution in [3.8, 4) is 0 Å². The molecule has 2 aromatic rings. The van der Waals surface area contributed by atoms with Crippen molar-refractivity contribution in [2.75, 3.05) is 25.1 Å². The van der Waals surface area contributed by atoms with E-state index in [0.29, 0.717) is 19.0 Å². The summed E-state index contributed by atoms with van der Waals surface area (Å²) >= 11 is 0.